The number of unbranched alkanes of at least 4 members (excludes halogenated alkanes) is 2. The Balaban J connectivity index is 1.67. The van der Waals surface area contributed by atoms with Crippen molar-refractivity contribution >= 4 is 21.7 Å². The Morgan fingerprint density at radius 3 is 2.29 bits per heavy atom. The van der Waals surface area contributed by atoms with E-state index in [1.54, 1.807) is 24.3 Å². The van der Waals surface area contributed by atoms with E-state index in [0.717, 1.165) is 30.4 Å². The van der Waals surface area contributed by atoms with Crippen molar-refractivity contribution in [2.45, 2.75) is 42.9 Å². The zero-order chi connectivity index (χ0) is 17.4. The van der Waals surface area contributed by atoms with Crippen LogP contribution in [-0.2, 0) is 14.3 Å². The highest BCUT2D eigenvalue weighted by atomic mass is 35.5. The highest BCUT2D eigenvalue weighted by Crippen LogP contribution is 2.26. The lowest BCUT2D eigenvalue weighted by Gasteiger charge is -2.09. The van der Waals surface area contributed by atoms with Gasteiger partial charge in [-0.3, -0.25) is 4.18 Å². The fourth-order valence-corrected chi connectivity index (χ4v) is 3.62. The normalized spacial score (nSPS) is 12.9. The molecule has 0 aliphatic rings. The minimum Gasteiger partial charge on any atom is -0.266 e. The van der Waals surface area contributed by atoms with Gasteiger partial charge >= 0.3 is 0 Å². The molecule has 0 amide bonds. The molecule has 2 aromatic carbocycles. The first-order chi connectivity index (χ1) is 11.5. The molecule has 0 aliphatic carbocycles. The predicted molar refractivity (Wildman–Crippen MR) is 97.8 cm³/mol. The van der Waals surface area contributed by atoms with Crippen LogP contribution in [0.1, 0.15) is 42.2 Å². The summed E-state index contributed by atoms with van der Waals surface area (Å²) in [5.74, 6) is 0. The van der Waals surface area contributed by atoms with Gasteiger partial charge < -0.3 is 0 Å². The summed E-state index contributed by atoms with van der Waals surface area (Å²) in [4.78, 5) is 0.206. The van der Waals surface area contributed by atoms with E-state index in [0.29, 0.717) is 6.42 Å². The van der Waals surface area contributed by atoms with E-state index < -0.39 is 10.1 Å². The van der Waals surface area contributed by atoms with Gasteiger partial charge in [-0.1, -0.05) is 60.9 Å². The molecule has 0 aromatic heterocycles. The fraction of sp³-hybridized carbons (Fsp3) is 0.368. The minimum absolute atomic E-state index is 0.00316. The molecule has 2 aromatic rings. The average molecular weight is 367 g/mol. The second-order valence-corrected chi connectivity index (χ2v) is 7.96. The Morgan fingerprint density at radius 1 is 0.958 bits per heavy atom. The van der Waals surface area contributed by atoms with Crippen molar-refractivity contribution < 1.29 is 12.6 Å². The summed E-state index contributed by atoms with van der Waals surface area (Å²) < 4.78 is 29.1. The second kappa shape index (κ2) is 9.21. The molecule has 0 aliphatic heterocycles. The highest BCUT2D eigenvalue weighted by Gasteiger charge is 2.14. The van der Waals surface area contributed by atoms with Gasteiger partial charge in [0.15, 0.2) is 0 Å². The highest BCUT2D eigenvalue weighted by molar-refractivity contribution is 7.86. The maximum atomic E-state index is 12.0. The third-order valence-electron chi connectivity index (χ3n) is 3.81. The zero-order valence-corrected chi connectivity index (χ0v) is 15.4. The molecule has 24 heavy (non-hydrogen) atoms. The van der Waals surface area contributed by atoms with Gasteiger partial charge in [-0.25, -0.2) is 0 Å². The van der Waals surface area contributed by atoms with Crippen LogP contribution in [0.3, 0.4) is 0 Å². The minimum atomic E-state index is -3.65. The number of hydrogen-bond acceptors (Lipinski definition) is 3. The van der Waals surface area contributed by atoms with Crippen molar-refractivity contribution in [1.29, 1.82) is 0 Å². The van der Waals surface area contributed by atoms with Gasteiger partial charge in [-0.15, -0.1) is 11.6 Å². The average Bonchev–Trinajstić information content (AvgIpc) is 2.59. The molecule has 130 valence electrons. The van der Waals surface area contributed by atoms with Crippen LogP contribution in [0.4, 0.5) is 0 Å². The summed E-state index contributed by atoms with van der Waals surface area (Å²) in [5.41, 5.74) is 2.14. The molecule has 1 atom stereocenters. The summed E-state index contributed by atoms with van der Waals surface area (Å²) in [5, 5.41) is 0.00316. The van der Waals surface area contributed by atoms with Crippen molar-refractivity contribution in [3.05, 3.63) is 65.7 Å². The molecule has 3 nitrogen and oxygen atoms in total. The maximum Gasteiger partial charge on any atom is 0.296 e. The van der Waals surface area contributed by atoms with E-state index in [4.69, 9.17) is 15.8 Å². The molecular weight excluding hydrogens is 344 g/mol. The topological polar surface area (TPSA) is 43.4 Å². The standard InChI is InChI=1S/C19H23ClO3S/c1-16-11-13-18(14-12-16)24(21,22)23-15-7-3-6-10-19(20)17-8-4-2-5-9-17/h2,4-5,8-9,11-14,19H,3,6-7,10,15H2,1H3. The van der Waals surface area contributed by atoms with Crippen molar-refractivity contribution in [2.75, 3.05) is 6.61 Å². The molecule has 5 heteroatoms. The molecule has 0 N–H and O–H groups in total. The van der Waals surface area contributed by atoms with E-state index in [1.807, 2.05) is 37.3 Å². The number of benzene rings is 2. The van der Waals surface area contributed by atoms with Gasteiger partial charge in [-0.2, -0.15) is 8.42 Å². The largest absolute Gasteiger partial charge is 0.296 e. The summed E-state index contributed by atoms with van der Waals surface area (Å²) in [6.07, 6.45) is 3.40. The van der Waals surface area contributed by atoms with Gasteiger partial charge in [-0.05, 0) is 37.5 Å². The first-order valence-electron chi connectivity index (χ1n) is 8.14. The third kappa shape index (κ3) is 5.93. The monoisotopic (exact) mass is 366 g/mol. The summed E-state index contributed by atoms with van der Waals surface area (Å²) in [7, 11) is -3.65. The SMILES string of the molecule is Cc1ccc(S(=O)(=O)OCCCCCC(Cl)c2ccccc2)cc1. The summed E-state index contributed by atoms with van der Waals surface area (Å²) in [6, 6.07) is 16.7. The van der Waals surface area contributed by atoms with Crippen molar-refractivity contribution in [2.24, 2.45) is 0 Å². The van der Waals surface area contributed by atoms with E-state index in [-0.39, 0.29) is 16.9 Å². The molecule has 1 unspecified atom stereocenters. The van der Waals surface area contributed by atoms with Gasteiger partial charge in [0.05, 0.1) is 16.9 Å². The molecule has 0 bridgehead atoms. The smallest absolute Gasteiger partial charge is 0.266 e. The number of alkyl halides is 1. The lowest BCUT2D eigenvalue weighted by Crippen LogP contribution is -2.07. The van der Waals surface area contributed by atoms with Crippen LogP contribution in [0.5, 0.6) is 0 Å². The lowest BCUT2D eigenvalue weighted by atomic mass is 10.1. The van der Waals surface area contributed by atoms with Crippen molar-refractivity contribution in [3.8, 4) is 0 Å². The van der Waals surface area contributed by atoms with Gasteiger partial charge in [0, 0.05) is 0 Å². The molecule has 0 fully saturated rings. The van der Waals surface area contributed by atoms with Crippen LogP contribution in [0, 0.1) is 6.92 Å². The Kier molecular flexibility index (Phi) is 7.28. The number of halogens is 1. The van der Waals surface area contributed by atoms with E-state index in [9.17, 15) is 8.42 Å². The predicted octanol–water partition coefficient (Wildman–Crippen LogP) is 5.24. The van der Waals surface area contributed by atoms with Crippen LogP contribution >= 0.6 is 11.6 Å². The Labute approximate surface area is 149 Å². The Bertz CT molecular complexity index is 712. The van der Waals surface area contributed by atoms with E-state index >= 15 is 0 Å². The quantitative estimate of drug-likeness (QED) is 0.346. The first-order valence-corrected chi connectivity index (χ1v) is 9.98. The lowest BCUT2D eigenvalue weighted by molar-refractivity contribution is 0.306. The molecule has 0 spiro atoms. The van der Waals surface area contributed by atoms with Crippen molar-refractivity contribution in [3.63, 3.8) is 0 Å². The Morgan fingerprint density at radius 2 is 1.62 bits per heavy atom. The zero-order valence-electron chi connectivity index (χ0n) is 13.8. The third-order valence-corrected chi connectivity index (χ3v) is 5.61. The van der Waals surface area contributed by atoms with Crippen LogP contribution < -0.4 is 0 Å². The first kappa shape index (κ1) is 19.0. The van der Waals surface area contributed by atoms with Crippen molar-refractivity contribution in [1.82, 2.24) is 0 Å². The molecule has 0 radical (unpaired) electrons. The summed E-state index contributed by atoms with van der Waals surface area (Å²) in [6.45, 7) is 2.12. The maximum absolute atomic E-state index is 12.0. The molecule has 0 saturated heterocycles. The van der Waals surface area contributed by atoms with Crippen LogP contribution in [0.2, 0.25) is 0 Å². The fourth-order valence-electron chi connectivity index (χ4n) is 2.37. The number of rotatable bonds is 9. The molecular formula is C19H23ClO3S. The van der Waals surface area contributed by atoms with Gasteiger partial charge in [0.2, 0.25) is 0 Å². The molecule has 0 heterocycles. The van der Waals surface area contributed by atoms with Gasteiger partial charge in [0.1, 0.15) is 0 Å². The second-order valence-electron chi connectivity index (χ2n) is 5.82. The van der Waals surface area contributed by atoms with Crippen LogP contribution in [-0.4, -0.2) is 15.0 Å². The summed E-state index contributed by atoms with van der Waals surface area (Å²) >= 11 is 6.36. The number of aryl methyl sites for hydroxylation is 1. The Hall–Kier alpha value is -1.36. The molecule has 0 saturated carbocycles. The van der Waals surface area contributed by atoms with Crippen LogP contribution in [0.15, 0.2) is 59.5 Å². The number of hydrogen-bond donors (Lipinski definition) is 0. The van der Waals surface area contributed by atoms with E-state index in [2.05, 4.69) is 0 Å². The van der Waals surface area contributed by atoms with Crippen LogP contribution in [0.25, 0.3) is 0 Å². The van der Waals surface area contributed by atoms with Gasteiger partial charge in [0.25, 0.3) is 10.1 Å². The van der Waals surface area contributed by atoms with E-state index in [1.165, 1.54) is 0 Å². The molecule has 2 rings (SSSR count).